The zero-order valence-corrected chi connectivity index (χ0v) is 22.1. The number of hydrogen-bond acceptors (Lipinski definition) is 5. The van der Waals surface area contributed by atoms with Crippen LogP contribution in [-0.2, 0) is 0 Å². The van der Waals surface area contributed by atoms with Crippen LogP contribution in [0, 0.1) is 0 Å². The summed E-state index contributed by atoms with van der Waals surface area (Å²) in [6, 6.07) is 0. The lowest BCUT2D eigenvalue weighted by molar-refractivity contribution is -0.913. The smallest absolute Gasteiger partial charge is 0.131 e. The Morgan fingerprint density at radius 2 is 0.848 bits per heavy atom. The molecule has 0 spiro atoms. The third-order valence-corrected chi connectivity index (χ3v) is 7.06. The molecule has 0 amide bonds. The molecule has 33 heavy (non-hydrogen) atoms. The molecule has 0 fully saturated rings. The fourth-order valence-electron chi connectivity index (χ4n) is 4.67. The van der Waals surface area contributed by atoms with E-state index in [1.807, 2.05) is 0 Å². The molecule has 0 unspecified atom stereocenters. The molecule has 0 aliphatic carbocycles. The number of likely N-dealkylation sites (N-methyl/N-ethyl adjacent to an activating group) is 1. The van der Waals surface area contributed by atoms with E-state index in [-0.39, 0.29) is 0 Å². The lowest BCUT2D eigenvalue weighted by atomic mass is 10.0. The monoisotopic (exact) mass is 476 g/mol. The minimum atomic E-state index is -1.55. The van der Waals surface area contributed by atoms with Crippen LogP contribution in [0.4, 0.5) is 0 Å². The van der Waals surface area contributed by atoms with Crippen LogP contribution in [0.5, 0.6) is 0 Å². The minimum Gasteiger partial charge on any atom is -0.394 e. The van der Waals surface area contributed by atoms with E-state index >= 15 is 0 Å². The van der Waals surface area contributed by atoms with E-state index in [0.717, 1.165) is 25.9 Å². The van der Waals surface area contributed by atoms with Gasteiger partial charge in [0.15, 0.2) is 0 Å². The molecule has 0 bridgehead atoms. The molecular weight excluding hydrogens is 418 g/mol. The molecule has 0 heterocycles. The molecular formula is C27H58NO5+. The van der Waals surface area contributed by atoms with Crippen molar-refractivity contribution in [3.8, 4) is 0 Å². The van der Waals surface area contributed by atoms with Crippen molar-refractivity contribution in [2.75, 3.05) is 33.3 Å². The van der Waals surface area contributed by atoms with Gasteiger partial charge in [0.25, 0.3) is 0 Å². The Morgan fingerprint density at radius 1 is 0.515 bits per heavy atom. The van der Waals surface area contributed by atoms with E-state index in [4.69, 9.17) is 5.11 Å². The quantitative estimate of drug-likeness (QED) is 0.106. The third-order valence-electron chi connectivity index (χ3n) is 7.06. The van der Waals surface area contributed by atoms with Gasteiger partial charge in [-0.2, -0.15) is 0 Å². The highest BCUT2D eigenvalue weighted by Gasteiger charge is 2.35. The van der Waals surface area contributed by atoms with Crippen molar-refractivity contribution in [3.63, 3.8) is 0 Å². The summed E-state index contributed by atoms with van der Waals surface area (Å²) < 4.78 is 0.659. The molecule has 0 rings (SSSR count). The van der Waals surface area contributed by atoms with Crippen molar-refractivity contribution in [1.29, 1.82) is 0 Å². The average molecular weight is 477 g/mol. The predicted molar refractivity (Wildman–Crippen MR) is 137 cm³/mol. The lowest BCUT2D eigenvalue weighted by Gasteiger charge is -2.38. The van der Waals surface area contributed by atoms with Crippen molar-refractivity contribution in [3.05, 3.63) is 0 Å². The van der Waals surface area contributed by atoms with E-state index in [9.17, 15) is 20.4 Å². The van der Waals surface area contributed by atoms with E-state index in [0.29, 0.717) is 11.0 Å². The predicted octanol–water partition coefficient (Wildman–Crippen LogP) is 4.15. The number of unbranched alkanes of at least 4 members (excludes halogenated alkanes) is 14. The first-order valence-corrected chi connectivity index (χ1v) is 14.0. The zero-order valence-electron chi connectivity index (χ0n) is 22.1. The summed E-state index contributed by atoms with van der Waals surface area (Å²) in [7, 11) is 2.13. The van der Waals surface area contributed by atoms with Crippen molar-refractivity contribution < 1.29 is 30.0 Å². The fraction of sp³-hybridized carbons (Fsp3) is 1.00. The van der Waals surface area contributed by atoms with Crippen LogP contribution >= 0.6 is 0 Å². The van der Waals surface area contributed by atoms with Crippen molar-refractivity contribution >= 4 is 0 Å². The molecule has 200 valence electrons. The van der Waals surface area contributed by atoms with Crippen molar-refractivity contribution in [2.45, 2.75) is 141 Å². The highest BCUT2D eigenvalue weighted by Crippen LogP contribution is 2.17. The average Bonchev–Trinajstić information content (AvgIpc) is 2.80. The fourth-order valence-corrected chi connectivity index (χ4v) is 4.67. The standard InChI is InChI=1S/C27H58NO5/c1-4-6-8-10-12-14-16-18-20-28(3,21-19-17-15-13-11-9-7-5-2)22-24(30)26(32)27(33)25(31)23-29/h24-27,29-33H,4-23H2,1-3H3/q+1/t24-,25+,26+,27+/m0/s1. The highest BCUT2D eigenvalue weighted by atomic mass is 16.4. The first-order chi connectivity index (χ1) is 15.8. The Hall–Kier alpha value is -0.240. The van der Waals surface area contributed by atoms with Gasteiger partial charge in [-0.15, -0.1) is 0 Å². The number of aliphatic hydroxyl groups is 5. The Kier molecular flexibility index (Phi) is 20.9. The summed E-state index contributed by atoms with van der Waals surface area (Å²) in [6.07, 6.45) is 14.5. The Balaban J connectivity index is 4.57. The van der Waals surface area contributed by atoms with Gasteiger partial charge in [0.05, 0.1) is 26.7 Å². The van der Waals surface area contributed by atoms with Crippen LogP contribution in [0.15, 0.2) is 0 Å². The van der Waals surface area contributed by atoms with Crippen molar-refractivity contribution in [2.24, 2.45) is 0 Å². The summed E-state index contributed by atoms with van der Waals surface area (Å²) >= 11 is 0. The van der Waals surface area contributed by atoms with Crippen molar-refractivity contribution in [1.82, 2.24) is 0 Å². The number of rotatable bonds is 24. The maximum Gasteiger partial charge on any atom is 0.131 e. The van der Waals surface area contributed by atoms with Crippen LogP contribution in [-0.4, -0.2) is 87.7 Å². The Morgan fingerprint density at radius 3 is 1.21 bits per heavy atom. The Labute approximate surface area is 204 Å². The van der Waals surface area contributed by atoms with Crippen LogP contribution in [0.2, 0.25) is 0 Å². The topological polar surface area (TPSA) is 101 Å². The molecule has 0 aliphatic heterocycles. The summed E-state index contributed by atoms with van der Waals surface area (Å²) in [5, 5.41) is 49.5. The summed E-state index contributed by atoms with van der Waals surface area (Å²) in [6.45, 7) is 6.04. The first-order valence-electron chi connectivity index (χ1n) is 14.0. The lowest BCUT2D eigenvalue weighted by Crippen LogP contribution is -2.56. The van der Waals surface area contributed by atoms with Gasteiger partial charge in [0, 0.05) is 0 Å². The molecule has 0 aromatic carbocycles. The number of aliphatic hydroxyl groups excluding tert-OH is 5. The molecule has 0 radical (unpaired) electrons. The molecule has 0 saturated heterocycles. The van der Waals surface area contributed by atoms with E-state index < -0.39 is 31.0 Å². The minimum absolute atomic E-state index is 0.337. The van der Waals surface area contributed by atoms with Gasteiger partial charge in [-0.05, 0) is 25.7 Å². The highest BCUT2D eigenvalue weighted by molar-refractivity contribution is 4.80. The van der Waals surface area contributed by atoms with Gasteiger partial charge in [0.1, 0.15) is 31.0 Å². The molecule has 4 atom stereocenters. The number of hydrogen-bond donors (Lipinski definition) is 5. The summed E-state index contributed by atoms with van der Waals surface area (Å²) in [4.78, 5) is 0. The van der Waals surface area contributed by atoms with Gasteiger partial charge < -0.3 is 30.0 Å². The largest absolute Gasteiger partial charge is 0.394 e. The molecule has 0 aromatic heterocycles. The number of quaternary nitrogens is 1. The summed E-state index contributed by atoms with van der Waals surface area (Å²) in [5.41, 5.74) is 0. The SMILES string of the molecule is CCCCCCCCCC[N+](C)(CCCCCCCCCC)C[C@H](O)[C@@H](O)[C@H](O)[C@H](O)CO. The zero-order chi connectivity index (χ0) is 25.0. The second-order valence-electron chi connectivity index (χ2n) is 10.5. The maximum absolute atomic E-state index is 10.6. The molecule has 0 aliphatic rings. The number of nitrogens with zero attached hydrogens (tertiary/aromatic N) is 1. The van der Waals surface area contributed by atoms with Crippen LogP contribution in [0.3, 0.4) is 0 Å². The molecule has 0 aromatic rings. The van der Waals surface area contributed by atoms with Crippen LogP contribution in [0.25, 0.3) is 0 Å². The van der Waals surface area contributed by atoms with Gasteiger partial charge in [-0.1, -0.05) is 90.9 Å². The molecule has 6 nitrogen and oxygen atoms in total. The molecule has 6 heteroatoms. The van der Waals surface area contributed by atoms with E-state index in [1.54, 1.807) is 0 Å². The second kappa shape index (κ2) is 21.1. The maximum atomic E-state index is 10.6. The molecule has 5 N–H and O–H groups in total. The van der Waals surface area contributed by atoms with E-state index in [2.05, 4.69) is 20.9 Å². The van der Waals surface area contributed by atoms with Gasteiger partial charge in [-0.25, -0.2) is 0 Å². The Bertz CT molecular complexity index is 403. The normalized spacial score (nSPS) is 16.0. The summed E-state index contributed by atoms with van der Waals surface area (Å²) in [5.74, 6) is 0. The van der Waals surface area contributed by atoms with Crippen LogP contribution in [0.1, 0.15) is 117 Å². The van der Waals surface area contributed by atoms with E-state index in [1.165, 1.54) is 89.9 Å². The van der Waals surface area contributed by atoms with Gasteiger partial charge in [-0.3, -0.25) is 0 Å². The van der Waals surface area contributed by atoms with Crippen LogP contribution < -0.4 is 0 Å². The third kappa shape index (κ3) is 16.9. The molecule has 0 saturated carbocycles. The second-order valence-corrected chi connectivity index (χ2v) is 10.5. The van der Waals surface area contributed by atoms with Gasteiger partial charge >= 0.3 is 0 Å². The first kappa shape index (κ1) is 32.8. The van der Waals surface area contributed by atoms with Gasteiger partial charge in [0.2, 0.25) is 0 Å².